The number of aryl methyl sites for hydroxylation is 1. The van der Waals surface area contributed by atoms with Crippen LogP contribution in [0.3, 0.4) is 0 Å². The second-order valence-electron chi connectivity index (χ2n) is 18.4. The molecule has 1 unspecified atom stereocenters. The van der Waals surface area contributed by atoms with E-state index in [1.165, 1.54) is 22.5 Å². The lowest BCUT2D eigenvalue weighted by molar-refractivity contribution is -0.745. The van der Waals surface area contributed by atoms with Gasteiger partial charge in [-0.1, -0.05) is 43.1 Å². The third kappa shape index (κ3) is 11.5. The van der Waals surface area contributed by atoms with Crippen LogP contribution in [0.15, 0.2) is 83.0 Å². The molecule has 26 heteroatoms. The summed E-state index contributed by atoms with van der Waals surface area (Å²) in [6, 6.07) is 14.0. The molecule has 0 bridgehead atoms. The van der Waals surface area contributed by atoms with Gasteiger partial charge in [-0.05, 0) is 64.1 Å². The Kier molecular flexibility index (Phi) is 15.6. The number of fused-ring (bicyclic) bond motifs is 3. The van der Waals surface area contributed by atoms with E-state index >= 15 is 0 Å². The number of H-pyrrole nitrogens is 1. The van der Waals surface area contributed by atoms with E-state index in [0.717, 1.165) is 44.8 Å². The number of carbonyl (C=O) groups is 3. The first-order valence-corrected chi connectivity index (χ1v) is 25.7. The number of phosphoric acid groups is 2. The number of hydrogen-bond donors (Lipinski definition) is 8. The van der Waals surface area contributed by atoms with E-state index in [-0.39, 0.29) is 60.4 Å². The van der Waals surface area contributed by atoms with Crippen LogP contribution >= 0.6 is 15.6 Å². The lowest BCUT2D eigenvalue weighted by atomic mass is 9.64. The van der Waals surface area contributed by atoms with Gasteiger partial charge in [-0.25, -0.2) is 23.1 Å². The molecule has 3 amide bonds. The molecule has 1 fully saturated rings. The van der Waals surface area contributed by atoms with Crippen molar-refractivity contribution in [3.63, 3.8) is 0 Å². The second-order valence-corrected chi connectivity index (χ2v) is 21.3. The van der Waals surface area contributed by atoms with Crippen molar-refractivity contribution < 1.29 is 70.8 Å². The summed E-state index contributed by atoms with van der Waals surface area (Å²) in [6.45, 7) is 3.54. The Labute approximate surface area is 413 Å². The van der Waals surface area contributed by atoms with Crippen molar-refractivity contribution in [1.82, 2.24) is 30.1 Å². The van der Waals surface area contributed by atoms with Gasteiger partial charge >= 0.3 is 27.4 Å². The summed E-state index contributed by atoms with van der Waals surface area (Å²) in [4.78, 5) is 91.0. The molecule has 4 aromatic rings. The smallest absolute Gasteiger partial charge is 0.437 e. The van der Waals surface area contributed by atoms with E-state index < -0.39 is 58.4 Å². The Morgan fingerprint density at radius 2 is 1.75 bits per heavy atom. The number of aliphatic hydroxyl groups is 1. The summed E-state index contributed by atoms with van der Waals surface area (Å²) in [6.07, 6.45) is 0.580. The molecular weight excluding hydrogens is 979 g/mol. The number of benzene rings is 2. The van der Waals surface area contributed by atoms with E-state index in [9.17, 15) is 38.3 Å². The zero-order chi connectivity index (χ0) is 52.6. The Bertz CT molecular complexity index is 3100. The third-order valence-electron chi connectivity index (χ3n) is 12.5. The number of nitrogens with one attached hydrogen (secondary N) is 3. The number of nitrogens with two attached hydrogens (primary N) is 1. The maximum atomic E-state index is 14.3. The van der Waals surface area contributed by atoms with Crippen LogP contribution in [-0.2, 0) is 44.7 Å². The highest BCUT2D eigenvalue weighted by atomic mass is 31.3. The van der Waals surface area contributed by atoms with Crippen LogP contribution in [0.5, 0.6) is 0 Å². The van der Waals surface area contributed by atoms with Gasteiger partial charge in [-0.15, -0.1) is 0 Å². The molecular formula is C46H60N10O14P2+2. The van der Waals surface area contributed by atoms with Crippen LogP contribution in [0.2, 0.25) is 0 Å². The largest absolute Gasteiger partial charge is 0.481 e. The average molecular weight is 1040 g/mol. The van der Waals surface area contributed by atoms with E-state index in [1.807, 2.05) is 52.5 Å². The van der Waals surface area contributed by atoms with Gasteiger partial charge < -0.3 is 55.4 Å². The first-order valence-electron chi connectivity index (χ1n) is 22.7. The molecule has 3 aliphatic rings. The van der Waals surface area contributed by atoms with E-state index in [1.54, 1.807) is 11.9 Å². The molecule has 0 spiro atoms. The van der Waals surface area contributed by atoms with Gasteiger partial charge in [0.25, 0.3) is 17.4 Å². The molecule has 3 heterocycles. The molecule has 2 aromatic heterocycles. The lowest BCUT2D eigenvalue weighted by Gasteiger charge is -2.39. The molecule has 0 radical (unpaired) electrons. The molecule has 7 rings (SSSR count). The SMILES string of the molecule is CN(CCCC(=O)NCCNC(=O)O[C@@H]1[C@H](O)[C@@H](COP(=O)(O)OP(=O)(O)O)O[C@H]1[n+]1cn(C)c2c(=O)[nH]c(N)nc21)C(=O)c1ccccc1C1=C2C=CC(=[N+](C)C)C=C2C(C)(C)c2cc(N(C)C)ccc21. The number of nitrogens with zero attached hydrogens (tertiary/aromatic N) is 6. The molecule has 1 aliphatic heterocycles. The number of phosphoric ester groups is 1. The van der Waals surface area contributed by atoms with Crippen LogP contribution in [0.1, 0.15) is 60.0 Å². The van der Waals surface area contributed by atoms with Crippen molar-refractivity contribution in [2.75, 3.05) is 72.1 Å². The van der Waals surface area contributed by atoms with Crippen LogP contribution in [0.4, 0.5) is 16.4 Å². The van der Waals surface area contributed by atoms with Gasteiger partial charge in [-0.3, -0.25) is 28.5 Å². The minimum absolute atomic E-state index is 0.00776. The topological polar surface area (TPSA) is 317 Å². The van der Waals surface area contributed by atoms with Crippen LogP contribution in [0.25, 0.3) is 16.7 Å². The number of ether oxygens (including phenoxy) is 2. The summed E-state index contributed by atoms with van der Waals surface area (Å²) >= 11 is 0. The van der Waals surface area contributed by atoms with Crippen LogP contribution in [-0.4, -0.2) is 147 Å². The predicted molar refractivity (Wildman–Crippen MR) is 263 cm³/mol. The van der Waals surface area contributed by atoms with Gasteiger partial charge in [0.15, 0.2) is 18.1 Å². The highest BCUT2D eigenvalue weighted by Gasteiger charge is 2.51. The first-order chi connectivity index (χ1) is 33.8. The molecule has 386 valence electrons. The number of amides is 3. The Balaban J connectivity index is 0.967. The number of carbonyl (C=O) groups excluding carboxylic acids is 3. The van der Waals surface area contributed by atoms with Gasteiger partial charge in [0.2, 0.25) is 17.7 Å². The Morgan fingerprint density at radius 3 is 2.44 bits per heavy atom. The fourth-order valence-corrected chi connectivity index (χ4v) is 10.6. The summed E-state index contributed by atoms with van der Waals surface area (Å²) < 4.78 is 47.8. The fourth-order valence-electron chi connectivity index (χ4n) is 8.95. The normalized spacial score (nSPS) is 20.1. The van der Waals surface area contributed by atoms with Gasteiger partial charge in [0.1, 0.15) is 26.3 Å². The minimum atomic E-state index is -5.48. The van der Waals surface area contributed by atoms with Crippen molar-refractivity contribution >= 4 is 67.6 Å². The van der Waals surface area contributed by atoms with Gasteiger partial charge in [-0.2, -0.15) is 4.31 Å². The van der Waals surface area contributed by atoms with Crippen LogP contribution in [0, 0.1) is 0 Å². The summed E-state index contributed by atoms with van der Waals surface area (Å²) in [5.41, 5.74) is 13.5. The number of aliphatic hydroxyl groups excluding tert-OH is 1. The standard InChI is InChI=1S/C46H58N10O14P2/c1-46(2)32-22-26(52(3)4)15-17-30(32)36(31-18-16-27(53(5)6)23-33(31)46)28-12-9-10-13-29(28)42(60)54(7)21-11-14-35(57)48-19-20-49-45(61)69-39-38(58)34(24-67-72(65,66)70-71(62,63)64)68-43(39)56-25-55(8)37-40(56)50-44(47)51-41(37)59/h9-10,12-13,15-18,22-23,25,34,38-39,43,58H,11,14,19-21,24H2,1-8H3,(H6-2,47,48,49,50,51,57,59,61,62,63,64,65,66)/p+2/t34-,38-,39-,43-/m1/s1. The highest BCUT2D eigenvalue weighted by molar-refractivity contribution is 7.60. The summed E-state index contributed by atoms with van der Waals surface area (Å²) in [5.74, 6) is -0.844. The van der Waals surface area contributed by atoms with Crippen molar-refractivity contribution in [2.45, 2.75) is 56.6 Å². The summed E-state index contributed by atoms with van der Waals surface area (Å²) in [5, 5.41) is 16.4. The molecule has 72 heavy (non-hydrogen) atoms. The van der Waals surface area contributed by atoms with Crippen molar-refractivity contribution in [2.24, 2.45) is 7.05 Å². The Hall–Kier alpha value is -6.33. The average Bonchev–Trinajstić information content (AvgIpc) is 3.79. The van der Waals surface area contributed by atoms with Crippen molar-refractivity contribution in [3.05, 3.63) is 111 Å². The van der Waals surface area contributed by atoms with Crippen molar-refractivity contribution in [3.8, 4) is 0 Å². The van der Waals surface area contributed by atoms with E-state index in [0.29, 0.717) is 12.0 Å². The maximum Gasteiger partial charge on any atom is 0.481 e. The number of nitrogen functional groups attached to an aromatic ring is 1. The highest BCUT2D eigenvalue weighted by Crippen LogP contribution is 2.58. The Morgan fingerprint density at radius 1 is 1.04 bits per heavy atom. The number of aromatic amines is 1. The molecule has 1 saturated heterocycles. The molecule has 2 aliphatic carbocycles. The molecule has 24 nitrogen and oxygen atoms in total. The number of anilines is 2. The molecule has 9 N–H and O–H groups in total. The number of aromatic nitrogens is 4. The molecule has 2 aromatic carbocycles. The number of hydrogen-bond acceptors (Lipinski definition) is 14. The minimum Gasteiger partial charge on any atom is -0.437 e. The quantitative estimate of drug-likeness (QED) is 0.0424. The monoisotopic (exact) mass is 1040 g/mol. The second kappa shape index (κ2) is 21.0. The molecule has 0 saturated carbocycles. The number of allylic oxidation sites excluding steroid dienone is 5. The zero-order valence-electron chi connectivity index (χ0n) is 40.9. The van der Waals surface area contributed by atoms with Crippen LogP contribution < -0.4 is 31.4 Å². The first kappa shape index (κ1) is 53.5. The fraction of sp³-hybridized carbons (Fsp3) is 0.413. The van der Waals surface area contributed by atoms with E-state index in [2.05, 4.69) is 89.2 Å². The predicted octanol–water partition coefficient (Wildman–Crippen LogP) is 1.75. The number of alkyl carbamates (subject to hydrolysis) is 1. The van der Waals surface area contributed by atoms with Gasteiger partial charge in [0.05, 0.1) is 13.7 Å². The van der Waals surface area contributed by atoms with Crippen molar-refractivity contribution in [1.29, 1.82) is 0 Å². The maximum absolute atomic E-state index is 14.3. The lowest BCUT2D eigenvalue weighted by Crippen LogP contribution is -2.49. The zero-order valence-corrected chi connectivity index (χ0v) is 42.7. The number of imidazole rings is 1. The summed E-state index contributed by atoms with van der Waals surface area (Å²) in [7, 11) is 0.361. The molecule has 5 atom stereocenters. The third-order valence-corrected chi connectivity index (χ3v) is 14.7. The number of rotatable bonds is 17. The van der Waals surface area contributed by atoms with E-state index in [4.69, 9.17) is 25.0 Å². The van der Waals surface area contributed by atoms with Gasteiger partial charge in [0, 0.05) is 76.0 Å².